The lowest BCUT2D eigenvalue weighted by atomic mass is 10.0. The van der Waals surface area contributed by atoms with E-state index in [0.717, 1.165) is 16.7 Å². The van der Waals surface area contributed by atoms with Crippen molar-refractivity contribution < 1.29 is 29.3 Å². The Hall–Kier alpha value is -3.39. The van der Waals surface area contributed by atoms with Gasteiger partial charge in [-0.15, -0.1) is 0 Å². The minimum Gasteiger partial charge on any atom is -0.480 e. The third-order valence-electron chi connectivity index (χ3n) is 4.14. The third-order valence-corrected chi connectivity index (χ3v) is 4.14. The molecule has 8 nitrogen and oxygen atoms in total. The Bertz CT molecular complexity index is 840. The second-order valence-electron chi connectivity index (χ2n) is 6.53. The zero-order valence-corrected chi connectivity index (χ0v) is 16.0. The van der Waals surface area contributed by atoms with Crippen LogP contribution in [0.3, 0.4) is 0 Å². The lowest BCUT2D eigenvalue weighted by Gasteiger charge is -2.20. The molecule has 0 bridgehead atoms. The van der Waals surface area contributed by atoms with Crippen LogP contribution in [0, 0.1) is 6.92 Å². The number of aliphatic hydroxyl groups is 1. The molecule has 0 aromatic heterocycles. The summed E-state index contributed by atoms with van der Waals surface area (Å²) in [5.41, 5.74) is 2.47. The summed E-state index contributed by atoms with van der Waals surface area (Å²) < 4.78 is 5.01. The van der Waals surface area contributed by atoms with Crippen LogP contribution in [-0.4, -0.2) is 46.9 Å². The highest BCUT2D eigenvalue weighted by Gasteiger charge is 2.26. The van der Waals surface area contributed by atoms with Crippen molar-refractivity contribution in [2.75, 3.05) is 6.61 Å². The molecule has 0 aliphatic carbocycles. The highest BCUT2D eigenvalue weighted by Crippen LogP contribution is 2.08. The van der Waals surface area contributed by atoms with Gasteiger partial charge in [-0.2, -0.15) is 0 Å². The fourth-order valence-electron chi connectivity index (χ4n) is 2.65. The molecule has 29 heavy (non-hydrogen) atoms. The highest BCUT2D eigenvalue weighted by molar-refractivity contribution is 5.89. The Morgan fingerprint density at radius 2 is 1.66 bits per heavy atom. The average molecular weight is 400 g/mol. The number of hydrogen-bond donors (Lipinski definition) is 4. The van der Waals surface area contributed by atoms with Crippen molar-refractivity contribution in [3.63, 3.8) is 0 Å². The van der Waals surface area contributed by atoms with Crippen LogP contribution >= 0.6 is 0 Å². The predicted octanol–water partition coefficient (Wildman–Crippen LogP) is 1.39. The quantitative estimate of drug-likeness (QED) is 0.504. The molecule has 2 rings (SSSR count). The van der Waals surface area contributed by atoms with E-state index in [1.165, 1.54) is 0 Å². The van der Waals surface area contributed by atoms with E-state index in [4.69, 9.17) is 4.74 Å². The Kier molecular flexibility index (Phi) is 8.17. The second kappa shape index (κ2) is 10.8. The van der Waals surface area contributed by atoms with Crippen LogP contribution in [0.25, 0.3) is 0 Å². The molecule has 8 heteroatoms. The second-order valence-corrected chi connectivity index (χ2v) is 6.53. The van der Waals surface area contributed by atoms with Crippen molar-refractivity contribution in [2.45, 2.75) is 32.0 Å². The Balaban J connectivity index is 1.92. The monoisotopic (exact) mass is 400 g/mol. The number of carboxylic acids is 1. The van der Waals surface area contributed by atoms with Crippen molar-refractivity contribution in [3.8, 4) is 0 Å². The molecule has 0 saturated carbocycles. The van der Waals surface area contributed by atoms with E-state index >= 15 is 0 Å². The number of carbonyl (C=O) groups excluding carboxylic acids is 2. The molecule has 154 valence electrons. The maximum atomic E-state index is 12.4. The molecule has 0 radical (unpaired) electrons. The normalized spacial score (nSPS) is 12.5. The fraction of sp³-hybridized carbons (Fsp3) is 0.286. The molecule has 0 aliphatic heterocycles. The summed E-state index contributed by atoms with van der Waals surface area (Å²) in [6.45, 7) is 1.17. The number of ether oxygens (including phenoxy) is 1. The largest absolute Gasteiger partial charge is 0.480 e. The van der Waals surface area contributed by atoms with Gasteiger partial charge >= 0.3 is 12.1 Å². The van der Waals surface area contributed by atoms with Crippen LogP contribution in [0.5, 0.6) is 0 Å². The first-order chi connectivity index (χ1) is 13.9. The number of rotatable bonds is 9. The van der Waals surface area contributed by atoms with Crippen LogP contribution in [0.4, 0.5) is 4.79 Å². The van der Waals surface area contributed by atoms with Gasteiger partial charge in [0.1, 0.15) is 18.7 Å². The van der Waals surface area contributed by atoms with E-state index in [2.05, 4.69) is 10.6 Å². The van der Waals surface area contributed by atoms with Gasteiger partial charge in [-0.05, 0) is 18.1 Å². The molecule has 4 N–H and O–H groups in total. The number of benzene rings is 2. The molecule has 2 aromatic rings. The number of alkyl carbamates (subject to hydrolysis) is 1. The van der Waals surface area contributed by atoms with Crippen molar-refractivity contribution in [3.05, 3.63) is 71.3 Å². The molecular weight excluding hydrogens is 376 g/mol. The summed E-state index contributed by atoms with van der Waals surface area (Å²) in [6, 6.07) is 13.7. The third kappa shape index (κ3) is 7.27. The number of aliphatic carboxylic acids is 1. The molecule has 2 amide bonds. The molecular formula is C21H24N2O6. The van der Waals surface area contributed by atoms with Gasteiger partial charge in [0.05, 0.1) is 6.61 Å². The average Bonchev–Trinajstić information content (AvgIpc) is 2.70. The van der Waals surface area contributed by atoms with E-state index < -0.39 is 36.7 Å². The van der Waals surface area contributed by atoms with Gasteiger partial charge in [-0.3, -0.25) is 4.79 Å². The first-order valence-electron chi connectivity index (χ1n) is 9.06. The number of carboxylic acid groups (broad SMARTS) is 1. The van der Waals surface area contributed by atoms with Gasteiger partial charge in [0.2, 0.25) is 5.91 Å². The molecule has 2 atom stereocenters. The van der Waals surface area contributed by atoms with Crippen LogP contribution in [0.2, 0.25) is 0 Å². The fourth-order valence-corrected chi connectivity index (χ4v) is 2.65. The number of amides is 2. The van der Waals surface area contributed by atoms with E-state index in [-0.39, 0.29) is 13.0 Å². The van der Waals surface area contributed by atoms with Crippen molar-refractivity contribution in [1.82, 2.24) is 10.6 Å². The van der Waals surface area contributed by atoms with Crippen LogP contribution < -0.4 is 10.6 Å². The standard InChI is InChI=1S/C21H24N2O6/c1-14-6-5-9-16(10-14)11-17(20(26)27)22-19(25)18(12-24)23-21(28)29-13-15-7-3-2-4-8-15/h2-10,17-18,24H,11-13H2,1H3,(H,22,25)(H,23,28)(H,26,27)/t17-,18+/m1/s1. The van der Waals surface area contributed by atoms with Crippen LogP contribution in [-0.2, 0) is 27.4 Å². The highest BCUT2D eigenvalue weighted by atomic mass is 16.5. The number of carbonyl (C=O) groups is 3. The Morgan fingerprint density at radius 3 is 2.28 bits per heavy atom. The molecule has 2 aromatic carbocycles. The first kappa shape index (κ1) is 21.9. The van der Waals surface area contributed by atoms with Crippen molar-refractivity contribution >= 4 is 18.0 Å². The summed E-state index contributed by atoms with van der Waals surface area (Å²) in [4.78, 5) is 35.8. The summed E-state index contributed by atoms with van der Waals surface area (Å²) in [5.74, 6) is -2.03. The minimum absolute atomic E-state index is 0.00243. The van der Waals surface area contributed by atoms with E-state index in [1.807, 2.05) is 25.1 Å². The zero-order valence-electron chi connectivity index (χ0n) is 16.0. The predicted molar refractivity (Wildman–Crippen MR) is 105 cm³/mol. The van der Waals surface area contributed by atoms with E-state index in [1.54, 1.807) is 36.4 Å². The Morgan fingerprint density at radius 1 is 0.966 bits per heavy atom. The number of nitrogens with one attached hydrogen (secondary N) is 2. The van der Waals surface area contributed by atoms with Gasteiger partial charge < -0.3 is 25.6 Å². The molecule has 0 heterocycles. The number of aryl methyl sites for hydroxylation is 1. The van der Waals surface area contributed by atoms with E-state index in [9.17, 15) is 24.6 Å². The molecule has 0 aliphatic rings. The minimum atomic E-state index is -1.34. The van der Waals surface area contributed by atoms with Gasteiger partial charge in [-0.25, -0.2) is 9.59 Å². The van der Waals surface area contributed by atoms with Gasteiger partial charge in [-0.1, -0.05) is 60.2 Å². The van der Waals surface area contributed by atoms with Crippen molar-refractivity contribution in [1.29, 1.82) is 0 Å². The van der Waals surface area contributed by atoms with Gasteiger partial charge in [0.15, 0.2) is 0 Å². The number of aliphatic hydroxyl groups excluding tert-OH is 1. The molecule has 0 fully saturated rings. The zero-order chi connectivity index (χ0) is 21.2. The van der Waals surface area contributed by atoms with Gasteiger partial charge in [0.25, 0.3) is 0 Å². The number of hydrogen-bond acceptors (Lipinski definition) is 5. The molecule has 0 saturated heterocycles. The molecule has 0 spiro atoms. The van der Waals surface area contributed by atoms with Crippen molar-refractivity contribution in [2.24, 2.45) is 0 Å². The topological polar surface area (TPSA) is 125 Å². The lowest BCUT2D eigenvalue weighted by Crippen LogP contribution is -2.53. The maximum absolute atomic E-state index is 12.4. The van der Waals surface area contributed by atoms with E-state index in [0.29, 0.717) is 0 Å². The lowest BCUT2D eigenvalue weighted by molar-refractivity contribution is -0.142. The summed E-state index contributed by atoms with van der Waals surface area (Å²) in [5, 5.41) is 23.4. The Labute approximate surface area is 168 Å². The van der Waals surface area contributed by atoms with Crippen LogP contribution in [0.1, 0.15) is 16.7 Å². The van der Waals surface area contributed by atoms with Gasteiger partial charge in [0, 0.05) is 6.42 Å². The maximum Gasteiger partial charge on any atom is 0.408 e. The smallest absolute Gasteiger partial charge is 0.408 e. The summed E-state index contributed by atoms with van der Waals surface area (Å²) >= 11 is 0. The summed E-state index contributed by atoms with van der Waals surface area (Å²) in [7, 11) is 0. The first-order valence-corrected chi connectivity index (χ1v) is 9.06. The van der Waals surface area contributed by atoms with Crippen LogP contribution in [0.15, 0.2) is 54.6 Å². The molecule has 0 unspecified atom stereocenters. The SMILES string of the molecule is Cc1cccc(C[C@@H](NC(=O)[C@H](CO)NC(=O)OCc2ccccc2)C(=O)O)c1. The summed E-state index contributed by atoms with van der Waals surface area (Å²) in [6.07, 6.45) is -0.826.